The summed E-state index contributed by atoms with van der Waals surface area (Å²) in [4.78, 5) is 0. The minimum atomic E-state index is -0.913. The number of rotatable bonds is 11. The van der Waals surface area contributed by atoms with Crippen molar-refractivity contribution in [2.24, 2.45) is 11.8 Å². The van der Waals surface area contributed by atoms with Gasteiger partial charge in [-0.05, 0) is 98.8 Å². The first-order chi connectivity index (χ1) is 18.1. The van der Waals surface area contributed by atoms with Crippen molar-refractivity contribution in [1.29, 1.82) is 0 Å². The van der Waals surface area contributed by atoms with Crippen LogP contribution in [0.3, 0.4) is 0 Å². The van der Waals surface area contributed by atoms with Crippen molar-refractivity contribution in [3.05, 3.63) is 78.4 Å². The lowest BCUT2D eigenvalue weighted by Gasteiger charge is -2.44. The van der Waals surface area contributed by atoms with Gasteiger partial charge < -0.3 is 4.74 Å². The Hall–Kier alpha value is -2.42. The molecule has 0 bridgehead atoms. The van der Waals surface area contributed by atoms with Crippen molar-refractivity contribution < 1.29 is 13.5 Å². The highest BCUT2D eigenvalue weighted by atomic mass is 19.2. The molecule has 0 amide bonds. The first-order valence-corrected chi connectivity index (χ1v) is 14.6. The average Bonchev–Trinajstić information content (AvgIpc) is 2.94. The van der Waals surface area contributed by atoms with Crippen LogP contribution in [-0.2, 0) is 5.41 Å². The zero-order valence-electron chi connectivity index (χ0n) is 22.6. The molecular weight excluding hydrogens is 462 g/mol. The lowest BCUT2D eigenvalue weighted by molar-refractivity contribution is 0.143. The predicted molar refractivity (Wildman–Crippen MR) is 151 cm³/mol. The molecular formula is C34H44F2O. The summed E-state index contributed by atoms with van der Waals surface area (Å²) in [7, 11) is 0. The van der Waals surface area contributed by atoms with Gasteiger partial charge in [0.25, 0.3) is 0 Å². The van der Waals surface area contributed by atoms with E-state index in [1.165, 1.54) is 69.4 Å². The third kappa shape index (κ3) is 6.72. The second-order valence-electron chi connectivity index (χ2n) is 11.1. The second-order valence-corrected chi connectivity index (χ2v) is 11.1. The quantitative estimate of drug-likeness (QED) is 0.217. The van der Waals surface area contributed by atoms with Crippen molar-refractivity contribution in [2.75, 3.05) is 6.61 Å². The Bertz CT molecular complexity index is 1020. The normalized spacial score (nSPS) is 22.8. The van der Waals surface area contributed by atoms with Crippen LogP contribution in [0, 0.1) is 23.5 Å². The van der Waals surface area contributed by atoms with Gasteiger partial charge in [-0.3, -0.25) is 0 Å². The molecule has 0 spiro atoms. The molecule has 0 heterocycles. The summed E-state index contributed by atoms with van der Waals surface area (Å²) in [5, 5.41) is 0. The summed E-state index contributed by atoms with van der Waals surface area (Å²) in [6.45, 7) is 5.88. The molecule has 0 aliphatic heterocycles. The van der Waals surface area contributed by atoms with Crippen LogP contribution in [0.5, 0.6) is 5.75 Å². The summed E-state index contributed by atoms with van der Waals surface area (Å²) in [5.41, 5.74) is 2.51. The molecule has 0 unspecified atom stereocenters. The Balaban J connectivity index is 1.52. The van der Waals surface area contributed by atoms with Crippen LogP contribution >= 0.6 is 0 Å². The fourth-order valence-corrected chi connectivity index (χ4v) is 6.79. The fraction of sp³-hybridized carbons (Fsp3) is 0.529. The molecule has 2 aliphatic carbocycles. The molecule has 2 fully saturated rings. The van der Waals surface area contributed by atoms with Crippen molar-refractivity contribution in [2.45, 2.75) is 95.8 Å². The van der Waals surface area contributed by atoms with E-state index < -0.39 is 11.6 Å². The van der Waals surface area contributed by atoms with Gasteiger partial charge >= 0.3 is 0 Å². The largest absolute Gasteiger partial charge is 0.491 e. The van der Waals surface area contributed by atoms with E-state index >= 15 is 0 Å². The van der Waals surface area contributed by atoms with Gasteiger partial charge in [0.2, 0.25) is 5.82 Å². The van der Waals surface area contributed by atoms with Gasteiger partial charge in [0.15, 0.2) is 11.6 Å². The number of unbranched alkanes of at least 4 members (excludes halogenated alkanes) is 1. The fourth-order valence-electron chi connectivity index (χ4n) is 6.79. The third-order valence-corrected chi connectivity index (χ3v) is 8.95. The Morgan fingerprint density at radius 1 is 0.838 bits per heavy atom. The number of halogens is 2. The molecule has 0 aromatic heterocycles. The molecule has 2 aromatic rings. The predicted octanol–water partition coefficient (Wildman–Crippen LogP) is 10.3. The maximum Gasteiger partial charge on any atom is 0.201 e. The lowest BCUT2D eigenvalue weighted by Crippen LogP contribution is -2.34. The first kappa shape index (κ1) is 27.6. The summed E-state index contributed by atoms with van der Waals surface area (Å²) >= 11 is 0. The van der Waals surface area contributed by atoms with Gasteiger partial charge in [-0.25, -0.2) is 4.39 Å². The van der Waals surface area contributed by atoms with E-state index in [0.29, 0.717) is 12.2 Å². The van der Waals surface area contributed by atoms with Gasteiger partial charge in [0, 0.05) is 5.56 Å². The van der Waals surface area contributed by atoms with Gasteiger partial charge in [0.1, 0.15) is 0 Å². The summed E-state index contributed by atoms with van der Waals surface area (Å²) < 4.78 is 34.6. The smallest absolute Gasteiger partial charge is 0.201 e. The highest BCUT2D eigenvalue weighted by molar-refractivity contribution is 5.66. The van der Waals surface area contributed by atoms with Crippen LogP contribution in [0.1, 0.15) is 96.0 Å². The molecule has 1 nitrogen and oxygen atoms in total. The van der Waals surface area contributed by atoms with Crippen LogP contribution in [0.15, 0.2) is 61.2 Å². The Kier molecular flexibility index (Phi) is 10.00. The molecule has 0 saturated heterocycles. The zero-order chi connectivity index (χ0) is 26.1. The van der Waals surface area contributed by atoms with E-state index in [1.807, 2.05) is 18.2 Å². The van der Waals surface area contributed by atoms with Crippen molar-refractivity contribution in [3.63, 3.8) is 0 Å². The van der Waals surface area contributed by atoms with Gasteiger partial charge in [-0.1, -0.05) is 74.6 Å². The van der Waals surface area contributed by atoms with Gasteiger partial charge in [0.05, 0.1) is 6.61 Å². The summed E-state index contributed by atoms with van der Waals surface area (Å²) in [5.74, 6) is 0.00708. The molecule has 37 heavy (non-hydrogen) atoms. The van der Waals surface area contributed by atoms with Crippen molar-refractivity contribution >= 4 is 0 Å². The molecule has 2 saturated carbocycles. The SMILES string of the molecule is C=CCCC=CCCC1(c2ccc(-c3ccc(OCC)c(F)c3F)cc2)CCC(C2CCCCC2)CC1. The van der Waals surface area contributed by atoms with Crippen LogP contribution < -0.4 is 4.74 Å². The summed E-state index contributed by atoms with van der Waals surface area (Å²) in [6, 6.07) is 11.4. The minimum Gasteiger partial charge on any atom is -0.491 e. The van der Waals surface area contributed by atoms with E-state index in [4.69, 9.17) is 4.74 Å². The number of benzene rings is 2. The topological polar surface area (TPSA) is 9.23 Å². The standard InChI is InChI=1S/C34H44F2O/c1-3-5-6-7-8-12-23-34(24-21-27(22-25-34)26-13-10-9-11-14-26)29-17-15-28(16-18-29)30-19-20-31(37-4-2)33(36)32(30)35/h3,7-8,15-20,26-27H,1,4-6,9-14,21-25H2,2H3. The molecule has 4 rings (SSSR count). The summed E-state index contributed by atoms with van der Waals surface area (Å²) in [6.07, 6.45) is 23.0. The first-order valence-electron chi connectivity index (χ1n) is 14.6. The van der Waals surface area contributed by atoms with Crippen molar-refractivity contribution in [3.8, 4) is 16.9 Å². The minimum absolute atomic E-state index is 0.0322. The van der Waals surface area contributed by atoms with Crippen LogP contribution in [-0.4, -0.2) is 6.61 Å². The molecule has 0 atom stereocenters. The van der Waals surface area contributed by atoms with E-state index in [0.717, 1.165) is 37.5 Å². The number of ether oxygens (including phenoxy) is 1. The molecule has 2 aliphatic rings. The molecule has 200 valence electrons. The molecule has 3 heteroatoms. The van der Waals surface area contributed by atoms with Crippen LogP contribution in [0.2, 0.25) is 0 Å². The number of allylic oxidation sites excluding steroid dienone is 3. The maximum absolute atomic E-state index is 14.8. The molecule has 2 aromatic carbocycles. The van der Waals surface area contributed by atoms with Crippen LogP contribution in [0.4, 0.5) is 8.78 Å². The van der Waals surface area contributed by atoms with Crippen molar-refractivity contribution in [1.82, 2.24) is 0 Å². The Labute approximate surface area is 223 Å². The monoisotopic (exact) mass is 506 g/mol. The molecule has 0 radical (unpaired) electrons. The van der Waals surface area contributed by atoms with Gasteiger partial charge in [-0.2, -0.15) is 4.39 Å². The van der Waals surface area contributed by atoms with E-state index in [9.17, 15) is 8.78 Å². The van der Waals surface area contributed by atoms with E-state index in [-0.39, 0.29) is 16.7 Å². The number of hydrogen-bond acceptors (Lipinski definition) is 1. The lowest BCUT2D eigenvalue weighted by atomic mass is 9.61. The highest BCUT2D eigenvalue weighted by Crippen LogP contribution is 2.49. The average molecular weight is 507 g/mol. The van der Waals surface area contributed by atoms with E-state index in [1.54, 1.807) is 13.0 Å². The maximum atomic E-state index is 14.8. The van der Waals surface area contributed by atoms with Crippen LogP contribution in [0.25, 0.3) is 11.1 Å². The second kappa shape index (κ2) is 13.4. The molecule has 0 N–H and O–H groups in total. The Morgan fingerprint density at radius 3 is 2.19 bits per heavy atom. The van der Waals surface area contributed by atoms with Gasteiger partial charge in [-0.15, -0.1) is 6.58 Å². The number of hydrogen-bond donors (Lipinski definition) is 0. The zero-order valence-corrected chi connectivity index (χ0v) is 22.6. The highest BCUT2D eigenvalue weighted by Gasteiger charge is 2.38. The Morgan fingerprint density at radius 2 is 1.51 bits per heavy atom. The van der Waals surface area contributed by atoms with E-state index in [2.05, 4.69) is 30.9 Å². The third-order valence-electron chi connectivity index (χ3n) is 8.95.